The molecule has 0 unspecified atom stereocenters. The number of hydrogen-bond acceptors (Lipinski definition) is 3. The Morgan fingerprint density at radius 1 is 1.25 bits per heavy atom. The van der Waals surface area contributed by atoms with Gasteiger partial charge in [-0.25, -0.2) is 4.89 Å². The Balaban J connectivity index is 2.00. The summed E-state index contributed by atoms with van der Waals surface area (Å²) < 4.78 is 4.69. The van der Waals surface area contributed by atoms with Gasteiger partial charge in [-0.2, -0.15) is 0 Å². The lowest BCUT2D eigenvalue weighted by Gasteiger charge is -2.06. The smallest absolute Gasteiger partial charge is 0.212 e. The lowest BCUT2D eigenvalue weighted by molar-refractivity contribution is -0.470. The van der Waals surface area contributed by atoms with Crippen LogP contribution in [0.3, 0.4) is 0 Å². The van der Waals surface area contributed by atoms with E-state index in [-0.39, 0.29) is 0 Å². The molecule has 3 nitrogen and oxygen atoms in total. The summed E-state index contributed by atoms with van der Waals surface area (Å²) in [6.07, 6.45) is 2.34. The predicted octanol–water partition coefficient (Wildman–Crippen LogP) is 0.162. The zero-order chi connectivity index (χ0) is 5.66. The molecule has 0 amide bonds. The molecule has 0 N–H and O–H groups in total. The van der Waals surface area contributed by atoms with Crippen LogP contribution in [0.1, 0.15) is 12.8 Å². The van der Waals surface area contributed by atoms with E-state index in [2.05, 4.69) is 9.93 Å². The zero-order valence-electron chi connectivity index (χ0n) is 4.76. The van der Waals surface area contributed by atoms with E-state index in [1.807, 2.05) is 0 Å². The van der Waals surface area contributed by atoms with Gasteiger partial charge in [0.2, 0.25) is 9.76 Å². The van der Waals surface area contributed by atoms with Crippen molar-refractivity contribution in [3.05, 3.63) is 0 Å². The first-order valence-electron chi connectivity index (χ1n) is 2.91. The average Bonchev–Trinajstić information content (AvgIpc) is 1.62. The standard InChI is InChI=1S/C4H10O3Si/c1-2-4-8-7-6-5-3-1/h1-4,8H2. The summed E-state index contributed by atoms with van der Waals surface area (Å²) in [5, 5.41) is 4.34. The molecular weight excluding hydrogens is 124 g/mol. The molecule has 0 spiro atoms. The summed E-state index contributed by atoms with van der Waals surface area (Å²) >= 11 is 0. The molecule has 1 saturated heterocycles. The van der Waals surface area contributed by atoms with Gasteiger partial charge < -0.3 is 0 Å². The molecule has 0 radical (unpaired) electrons. The monoisotopic (exact) mass is 134 g/mol. The highest BCUT2D eigenvalue weighted by Crippen LogP contribution is 2.00. The van der Waals surface area contributed by atoms with Crippen LogP contribution in [0.2, 0.25) is 6.04 Å². The molecule has 0 bridgehead atoms. The van der Waals surface area contributed by atoms with Gasteiger partial charge in [0, 0.05) is 0 Å². The molecule has 0 saturated carbocycles. The second-order valence-corrected chi connectivity index (χ2v) is 3.12. The van der Waals surface area contributed by atoms with Gasteiger partial charge in [-0.05, 0) is 12.5 Å². The Bertz CT molecular complexity index is 35.2. The molecule has 8 heavy (non-hydrogen) atoms. The first kappa shape index (κ1) is 6.22. The fourth-order valence-corrected chi connectivity index (χ4v) is 1.41. The minimum absolute atomic E-state index is 0.396. The topological polar surface area (TPSA) is 27.7 Å². The van der Waals surface area contributed by atoms with E-state index in [1.165, 1.54) is 12.5 Å². The van der Waals surface area contributed by atoms with E-state index in [4.69, 9.17) is 4.58 Å². The second kappa shape index (κ2) is 4.02. The summed E-state index contributed by atoms with van der Waals surface area (Å²) in [7, 11) is -0.396. The lowest BCUT2D eigenvalue weighted by Crippen LogP contribution is -2.06. The fraction of sp³-hybridized carbons (Fsp3) is 1.00. The normalized spacial score (nSPS) is 27.0. The summed E-state index contributed by atoms with van der Waals surface area (Å²) in [5.74, 6) is 0. The first-order valence-corrected chi connectivity index (χ1v) is 4.49. The molecule has 0 aromatic carbocycles. The summed E-state index contributed by atoms with van der Waals surface area (Å²) in [6.45, 7) is 0.675. The fourth-order valence-electron chi connectivity index (χ4n) is 0.601. The molecule has 1 rings (SSSR count). The van der Waals surface area contributed by atoms with Gasteiger partial charge in [0.15, 0.2) is 0 Å². The summed E-state index contributed by atoms with van der Waals surface area (Å²) in [5.41, 5.74) is 0. The molecule has 4 heteroatoms. The van der Waals surface area contributed by atoms with E-state index in [0.29, 0.717) is 6.61 Å². The van der Waals surface area contributed by atoms with Gasteiger partial charge in [-0.15, -0.1) is 0 Å². The van der Waals surface area contributed by atoms with Crippen LogP contribution in [-0.4, -0.2) is 16.4 Å². The van der Waals surface area contributed by atoms with Gasteiger partial charge in [0.05, 0.1) is 6.61 Å². The Morgan fingerprint density at radius 2 is 2.25 bits per heavy atom. The third kappa shape index (κ3) is 2.42. The number of hydrogen-bond donors (Lipinski definition) is 0. The van der Waals surface area contributed by atoms with E-state index >= 15 is 0 Å². The minimum atomic E-state index is -0.396. The Morgan fingerprint density at radius 3 is 3.25 bits per heavy atom. The van der Waals surface area contributed by atoms with Gasteiger partial charge in [0.25, 0.3) is 0 Å². The van der Waals surface area contributed by atoms with Crippen molar-refractivity contribution in [3.8, 4) is 0 Å². The van der Waals surface area contributed by atoms with E-state index in [1.54, 1.807) is 0 Å². The molecule has 0 aliphatic carbocycles. The lowest BCUT2D eigenvalue weighted by atomic mass is 10.4. The van der Waals surface area contributed by atoms with Crippen molar-refractivity contribution in [2.75, 3.05) is 6.61 Å². The van der Waals surface area contributed by atoms with E-state index < -0.39 is 9.76 Å². The molecular formula is C4H10O3Si. The third-order valence-electron chi connectivity index (χ3n) is 1.05. The van der Waals surface area contributed by atoms with Crippen molar-refractivity contribution in [2.24, 2.45) is 0 Å². The molecule has 1 aliphatic heterocycles. The summed E-state index contributed by atoms with van der Waals surface area (Å²) in [6, 6.07) is 1.21. The predicted molar refractivity (Wildman–Crippen MR) is 30.7 cm³/mol. The summed E-state index contributed by atoms with van der Waals surface area (Å²) in [4.78, 5) is 4.59. The van der Waals surface area contributed by atoms with Crippen LogP contribution < -0.4 is 0 Å². The van der Waals surface area contributed by atoms with Crippen molar-refractivity contribution in [3.63, 3.8) is 0 Å². The Hall–Kier alpha value is 0.0969. The van der Waals surface area contributed by atoms with Crippen molar-refractivity contribution in [1.82, 2.24) is 0 Å². The van der Waals surface area contributed by atoms with Crippen molar-refractivity contribution >= 4 is 9.76 Å². The molecule has 48 valence electrons. The molecule has 0 atom stereocenters. The second-order valence-electron chi connectivity index (χ2n) is 1.77. The van der Waals surface area contributed by atoms with Gasteiger partial charge in [-0.1, -0.05) is 11.5 Å². The highest BCUT2D eigenvalue weighted by Gasteiger charge is 1.97. The number of rotatable bonds is 0. The molecule has 1 fully saturated rings. The van der Waals surface area contributed by atoms with Crippen molar-refractivity contribution in [1.29, 1.82) is 0 Å². The third-order valence-corrected chi connectivity index (χ3v) is 2.10. The van der Waals surface area contributed by atoms with Crippen molar-refractivity contribution < 1.29 is 14.5 Å². The largest absolute Gasteiger partial charge is 0.265 e. The molecule has 1 heterocycles. The maximum Gasteiger partial charge on any atom is 0.212 e. The quantitative estimate of drug-likeness (QED) is 0.349. The van der Waals surface area contributed by atoms with Gasteiger partial charge in [-0.3, -0.25) is 4.58 Å². The van der Waals surface area contributed by atoms with E-state index in [0.717, 1.165) is 6.42 Å². The zero-order valence-corrected chi connectivity index (χ0v) is 6.17. The molecule has 1 aliphatic rings. The molecule has 0 aromatic rings. The maximum absolute atomic E-state index is 4.69. The average molecular weight is 134 g/mol. The van der Waals surface area contributed by atoms with E-state index in [9.17, 15) is 0 Å². The van der Waals surface area contributed by atoms with Crippen LogP contribution in [0.4, 0.5) is 0 Å². The van der Waals surface area contributed by atoms with Crippen LogP contribution in [0.15, 0.2) is 0 Å². The van der Waals surface area contributed by atoms with Crippen LogP contribution in [0, 0.1) is 0 Å². The highest BCUT2D eigenvalue weighted by atomic mass is 28.2. The van der Waals surface area contributed by atoms with Crippen LogP contribution in [-0.2, 0) is 14.5 Å². The maximum atomic E-state index is 4.69. The Labute approximate surface area is 50.7 Å². The first-order chi connectivity index (χ1) is 4.00. The van der Waals surface area contributed by atoms with Crippen LogP contribution >= 0.6 is 0 Å². The van der Waals surface area contributed by atoms with Crippen molar-refractivity contribution in [2.45, 2.75) is 18.9 Å². The minimum Gasteiger partial charge on any atom is -0.265 e. The molecule has 0 aromatic heterocycles. The van der Waals surface area contributed by atoms with Crippen LogP contribution in [0.25, 0.3) is 0 Å². The van der Waals surface area contributed by atoms with Crippen LogP contribution in [0.5, 0.6) is 0 Å². The Kier molecular flexibility index (Phi) is 3.13. The highest BCUT2D eigenvalue weighted by molar-refractivity contribution is 6.26. The van der Waals surface area contributed by atoms with Gasteiger partial charge >= 0.3 is 0 Å². The SMILES string of the molecule is C1CC[SiH2]OOOC1. The van der Waals surface area contributed by atoms with Gasteiger partial charge in [0.1, 0.15) is 0 Å².